The predicted molar refractivity (Wildman–Crippen MR) is 72.0 cm³/mol. The minimum absolute atomic E-state index is 0.0306. The first-order valence-corrected chi connectivity index (χ1v) is 6.25. The Balaban J connectivity index is 2.30. The number of hydrogen-bond donors (Lipinski definition) is 1. The highest BCUT2D eigenvalue weighted by molar-refractivity contribution is 5.92. The van der Waals surface area contributed by atoms with Crippen molar-refractivity contribution in [3.63, 3.8) is 0 Å². The van der Waals surface area contributed by atoms with E-state index >= 15 is 0 Å². The van der Waals surface area contributed by atoms with Crippen molar-refractivity contribution in [2.24, 2.45) is 0 Å². The first-order chi connectivity index (χ1) is 9.52. The lowest BCUT2D eigenvalue weighted by Crippen LogP contribution is -2.33. The second kappa shape index (κ2) is 5.87. The van der Waals surface area contributed by atoms with E-state index in [1.807, 2.05) is 0 Å². The predicted octanol–water partition coefficient (Wildman–Crippen LogP) is 1.89. The SMILES string of the molecule is COC(=O)c1cc(C)c([N+](=O)[O-])c(NC[C@@H]2CCO2)c1. The number of benzene rings is 1. The molecule has 1 aliphatic rings. The number of hydrogen-bond acceptors (Lipinski definition) is 6. The Morgan fingerprint density at radius 2 is 2.30 bits per heavy atom. The summed E-state index contributed by atoms with van der Waals surface area (Å²) in [5.74, 6) is -0.522. The standard InChI is InChI=1S/C13H16N2O5/c1-8-5-9(13(16)19-2)6-11(12(8)15(17)18)14-7-10-3-4-20-10/h5-6,10,14H,3-4,7H2,1-2H3/t10-/m0/s1. The average Bonchev–Trinajstić information content (AvgIpc) is 2.34. The van der Waals surface area contributed by atoms with E-state index in [4.69, 9.17) is 4.74 Å². The molecule has 20 heavy (non-hydrogen) atoms. The van der Waals surface area contributed by atoms with E-state index < -0.39 is 10.9 Å². The number of nitro benzene ring substituents is 1. The normalized spacial score (nSPS) is 17.2. The van der Waals surface area contributed by atoms with Crippen LogP contribution in [-0.4, -0.2) is 37.3 Å². The van der Waals surface area contributed by atoms with Gasteiger partial charge in [0.2, 0.25) is 0 Å². The van der Waals surface area contributed by atoms with Gasteiger partial charge in [0.15, 0.2) is 0 Å². The Hall–Kier alpha value is -2.15. The number of nitrogens with one attached hydrogen (secondary N) is 1. The first-order valence-electron chi connectivity index (χ1n) is 6.25. The smallest absolute Gasteiger partial charge is 0.337 e. The van der Waals surface area contributed by atoms with Crippen molar-refractivity contribution >= 4 is 17.3 Å². The molecule has 0 aromatic heterocycles. The largest absolute Gasteiger partial charge is 0.465 e. The van der Waals surface area contributed by atoms with Crippen LogP contribution in [0.25, 0.3) is 0 Å². The number of methoxy groups -OCH3 is 1. The Kier molecular flexibility index (Phi) is 4.19. The maximum absolute atomic E-state index is 11.6. The summed E-state index contributed by atoms with van der Waals surface area (Å²) in [6.45, 7) is 2.79. The maximum Gasteiger partial charge on any atom is 0.337 e. The van der Waals surface area contributed by atoms with E-state index in [0.717, 1.165) is 13.0 Å². The lowest BCUT2D eigenvalue weighted by molar-refractivity contribution is -0.384. The Labute approximate surface area is 116 Å². The van der Waals surface area contributed by atoms with Crippen LogP contribution in [0.5, 0.6) is 0 Å². The molecule has 108 valence electrons. The summed E-state index contributed by atoms with van der Waals surface area (Å²) in [5, 5.41) is 14.1. The van der Waals surface area contributed by atoms with Gasteiger partial charge >= 0.3 is 5.97 Å². The van der Waals surface area contributed by atoms with Crippen LogP contribution in [0.4, 0.5) is 11.4 Å². The molecule has 1 aromatic rings. The third-order valence-electron chi connectivity index (χ3n) is 3.22. The third-order valence-corrected chi connectivity index (χ3v) is 3.22. The van der Waals surface area contributed by atoms with Gasteiger partial charge in [-0.2, -0.15) is 0 Å². The van der Waals surface area contributed by atoms with Crippen LogP contribution in [-0.2, 0) is 9.47 Å². The molecular formula is C13H16N2O5. The number of carbonyl (C=O) groups is 1. The summed E-state index contributed by atoms with van der Waals surface area (Å²) >= 11 is 0. The number of nitrogens with zero attached hydrogens (tertiary/aromatic N) is 1. The zero-order valence-electron chi connectivity index (χ0n) is 11.3. The molecule has 1 aliphatic heterocycles. The highest BCUT2D eigenvalue weighted by Crippen LogP contribution is 2.30. The van der Waals surface area contributed by atoms with E-state index in [-0.39, 0.29) is 17.4 Å². The lowest BCUT2D eigenvalue weighted by Gasteiger charge is -2.26. The van der Waals surface area contributed by atoms with Crippen molar-refractivity contribution in [1.82, 2.24) is 0 Å². The second-order valence-corrected chi connectivity index (χ2v) is 4.60. The number of rotatable bonds is 5. The molecule has 1 fully saturated rings. The van der Waals surface area contributed by atoms with Crippen LogP contribution in [0.15, 0.2) is 12.1 Å². The Morgan fingerprint density at radius 1 is 1.60 bits per heavy atom. The number of aryl methyl sites for hydroxylation is 1. The Morgan fingerprint density at radius 3 is 2.80 bits per heavy atom. The summed E-state index contributed by atoms with van der Waals surface area (Å²) in [7, 11) is 1.27. The topological polar surface area (TPSA) is 90.7 Å². The van der Waals surface area contributed by atoms with Gasteiger partial charge in [-0.25, -0.2) is 4.79 Å². The third kappa shape index (κ3) is 2.88. The number of nitro groups is 1. The molecule has 0 aliphatic carbocycles. The summed E-state index contributed by atoms with van der Waals surface area (Å²) in [4.78, 5) is 22.2. The van der Waals surface area contributed by atoms with Crippen molar-refractivity contribution in [3.8, 4) is 0 Å². The molecule has 0 amide bonds. The molecule has 1 N–H and O–H groups in total. The van der Waals surface area contributed by atoms with Gasteiger partial charge in [-0.05, 0) is 25.5 Å². The van der Waals surface area contributed by atoms with Gasteiger partial charge in [-0.3, -0.25) is 10.1 Å². The van der Waals surface area contributed by atoms with E-state index in [1.165, 1.54) is 19.2 Å². The fourth-order valence-corrected chi connectivity index (χ4v) is 2.06. The monoisotopic (exact) mass is 280 g/mol. The van der Waals surface area contributed by atoms with Gasteiger partial charge in [0.25, 0.3) is 5.69 Å². The number of ether oxygens (including phenoxy) is 2. The number of carbonyl (C=O) groups excluding carboxylic acids is 1. The highest BCUT2D eigenvalue weighted by atomic mass is 16.6. The van der Waals surface area contributed by atoms with Gasteiger partial charge in [0.1, 0.15) is 5.69 Å². The van der Waals surface area contributed by atoms with Gasteiger partial charge in [-0.15, -0.1) is 0 Å². The van der Waals surface area contributed by atoms with Crippen LogP contribution < -0.4 is 5.32 Å². The summed E-state index contributed by atoms with van der Waals surface area (Å²) < 4.78 is 9.90. The maximum atomic E-state index is 11.6. The van der Waals surface area contributed by atoms with E-state index in [9.17, 15) is 14.9 Å². The molecule has 1 saturated heterocycles. The van der Waals surface area contributed by atoms with Crippen molar-refractivity contribution in [1.29, 1.82) is 0 Å². The highest BCUT2D eigenvalue weighted by Gasteiger charge is 2.23. The molecule has 1 heterocycles. The molecule has 0 spiro atoms. The summed E-state index contributed by atoms with van der Waals surface area (Å²) in [5.41, 5.74) is 0.977. The van der Waals surface area contributed by atoms with E-state index in [0.29, 0.717) is 17.8 Å². The zero-order chi connectivity index (χ0) is 14.7. The van der Waals surface area contributed by atoms with E-state index in [1.54, 1.807) is 6.92 Å². The summed E-state index contributed by atoms with van der Waals surface area (Å²) in [6.07, 6.45) is 0.993. The van der Waals surface area contributed by atoms with E-state index in [2.05, 4.69) is 10.1 Å². The van der Waals surface area contributed by atoms with Crippen LogP contribution >= 0.6 is 0 Å². The quantitative estimate of drug-likeness (QED) is 0.503. The van der Waals surface area contributed by atoms with Crippen LogP contribution in [0.1, 0.15) is 22.3 Å². The van der Waals surface area contributed by atoms with Gasteiger partial charge in [-0.1, -0.05) is 0 Å². The van der Waals surface area contributed by atoms with Crippen molar-refractivity contribution < 1.29 is 19.2 Å². The molecule has 2 rings (SSSR count). The average molecular weight is 280 g/mol. The minimum atomic E-state index is -0.522. The molecule has 7 nitrogen and oxygen atoms in total. The molecule has 1 aromatic carbocycles. The van der Waals surface area contributed by atoms with Gasteiger partial charge in [0, 0.05) is 18.7 Å². The zero-order valence-corrected chi connectivity index (χ0v) is 11.3. The van der Waals surface area contributed by atoms with Crippen LogP contribution in [0.3, 0.4) is 0 Å². The molecule has 7 heteroatoms. The van der Waals surface area contributed by atoms with Crippen molar-refractivity contribution in [2.45, 2.75) is 19.4 Å². The van der Waals surface area contributed by atoms with Crippen molar-refractivity contribution in [3.05, 3.63) is 33.4 Å². The lowest BCUT2D eigenvalue weighted by atomic mass is 10.1. The molecule has 1 atom stereocenters. The second-order valence-electron chi connectivity index (χ2n) is 4.60. The first kappa shape index (κ1) is 14.3. The number of esters is 1. The van der Waals surface area contributed by atoms with Gasteiger partial charge in [0.05, 0.1) is 23.7 Å². The minimum Gasteiger partial charge on any atom is -0.465 e. The molecule has 0 bridgehead atoms. The van der Waals surface area contributed by atoms with Crippen LogP contribution in [0, 0.1) is 17.0 Å². The van der Waals surface area contributed by atoms with Crippen LogP contribution in [0.2, 0.25) is 0 Å². The fraction of sp³-hybridized carbons (Fsp3) is 0.462. The molecule has 0 radical (unpaired) electrons. The fourth-order valence-electron chi connectivity index (χ4n) is 2.06. The number of anilines is 1. The molecule has 0 saturated carbocycles. The molecular weight excluding hydrogens is 264 g/mol. The Bertz CT molecular complexity index is 540. The van der Waals surface area contributed by atoms with Gasteiger partial charge < -0.3 is 14.8 Å². The van der Waals surface area contributed by atoms with Crippen molar-refractivity contribution in [2.75, 3.05) is 25.6 Å². The molecule has 0 unspecified atom stereocenters. The summed E-state index contributed by atoms with van der Waals surface area (Å²) in [6, 6.07) is 2.89.